The van der Waals surface area contributed by atoms with Crippen LogP contribution in [-0.4, -0.2) is 33.6 Å². The number of hydrogen-bond donors (Lipinski definition) is 2. The zero-order valence-corrected chi connectivity index (χ0v) is 36.9. The normalized spacial score (nSPS) is 22.7. The van der Waals surface area contributed by atoms with Gasteiger partial charge in [-0.05, 0) is 76.9 Å². The Bertz CT molecular complexity index is 887. The highest BCUT2D eigenvalue weighted by atomic mass is 16.6. The van der Waals surface area contributed by atoms with Crippen molar-refractivity contribution in [1.82, 2.24) is 0 Å². The minimum atomic E-state index is -1.03. The number of ether oxygens (including phenoxy) is 1. The first kappa shape index (κ1) is 50.0. The lowest BCUT2D eigenvalue weighted by Gasteiger charge is -2.42. The van der Waals surface area contributed by atoms with Crippen molar-refractivity contribution in [3.05, 3.63) is 11.6 Å². The maximum absolute atomic E-state index is 10.0. The Kier molecular flexibility index (Phi) is 18.0. The second kappa shape index (κ2) is 16.6. The predicted molar refractivity (Wildman–Crippen MR) is 208 cm³/mol. The number of aliphatic hydroxyl groups is 2. The molecule has 0 aromatic heterocycles. The molecule has 0 amide bonds. The molecule has 0 aromatic rings. The van der Waals surface area contributed by atoms with Crippen molar-refractivity contribution in [3.8, 4) is 0 Å². The molecule has 5 unspecified atom stereocenters. The molecule has 0 saturated carbocycles. The number of epoxide rings is 1. The van der Waals surface area contributed by atoms with E-state index in [2.05, 4.69) is 151 Å². The highest BCUT2D eigenvalue weighted by Gasteiger charge is 2.63. The van der Waals surface area contributed by atoms with Crippen molar-refractivity contribution in [2.24, 2.45) is 49.7 Å². The third-order valence-corrected chi connectivity index (χ3v) is 10.0. The fourth-order valence-corrected chi connectivity index (χ4v) is 4.97. The molecule has 0 aromatic carbocycles. The Hall–Kier alpha value is -0.380. The highest BCUT2D eigenvalue weighted by molar-refractivity contribution is 5.11. The first-order valence-electron chi connectivity index (χ1n) is 18.2. The van der Waals surface area contributed by atoms with Crippen LogP contribution in [0.5, 0.6) is 0 Å². The topological polar surface area (TPSA) is 53.0 Å². The SMILES string of the molecule is CC(=CC(C)(C)C)C(C)(C)C.CC(C)(C)C1OC1(C)C(C)(C)C.CC(C)C(O)C(C)(O)C(C)(C)C.CC(CC(C)(C)C)C(C)(C)C. The lowest BCUT2D eigenvalue weighted by molar-refractivity contribution is -0.143. The summed E-state index contributed by atoms with van der Waals surface area (Å²) in [5.41, 5.74) is 2.37. The molecule has 2 N–H and O–H groups in total. The summed E-state index contributed by atoms with van der Waals surface area (Å²) in [5.74, 6) is 0.890. The molecule has 0 spiro atoms. The second-order valence-corrected chi connectivity index (χ2v) is 22.8. The minimum Gasteiger partial charge on any atom is -0.390 e. The van der Waals surface area contributed by atoms with E-state index in [1.54, 1.807) is 6.92 Å². The van der Waals surface area contributed by atoms with E-state index in [4.69, 9.17) is 4.74 Å². The van der Waals surface area contributed by atoms with Gasteiger partial charge in [0.25, 0.3) is 0 Å². The van der Waals surface area contributed by atoms with Gasteiger partial charge in [0.05, 0.1) is 23.4 Å². The van der Waals surface area contributed by atoms with Crippen LogP contribution in [0.2, 0.25) is 0 Å². The quantitative estimate of drug-likeness (QED) is 0.235. The Balaban J connectivity index is -0.000000537. The maximum atomic E-state index is 10.0. The molecule has 1 heterocycles. The van der Waals surface area contributed by atoms with Crippen LogP contribution in [0.25, 0.3) is 0 Å². The predicted octanol–water partition coefficient (Wildman–Crippen LogP) is 13.2. The van der Waals surface area contributed by atoms with Crippen molar-refractivity contribution in [2.45, 2.75) is 217 Å². The van der Waals surface area contributed by atoms with Gasteiger partial charge in [-0.25, -0.2) is 0 Å². The molecule has 46 heavy (non-hydrogen) atoms. The first-order chi connectivity index (χ1) is 19.4. The van der Waals surface area contributed by atoms with Crippen molar-refractivity contribution in [2.75, 3.05) is 0 Å². The Morgan fingerprint density at radius 1 is 0.717 bits per heavy atom. The molecular formula is C43H90O3. The van der Waals surface area contributed by atoms with Gasteiger partial charge >= 0.3 is 0 Å². The number of hydrogen-bond acceptors (Lipinski definition) is 3. The lowest BCUT2D eigenvalue weighted by Crippen LogP contribution is -2.52. The van der Waals surface area contributed by atoms with Crippen LogP contribution < -0.4 is 0 Å². The molecular weight excluding hydrogens is 564 g/mol. The van der Waals surface area contributed by atoms with Crippen molar-refractivity contribution in [1.29, 1.82) is 0 Å². The standard InChI is InChI=1S/C11H22O.C11H24.C11H22.C10H22O2/c1-9(2,3)8-11(7,12-8)10(4,5)6;2*1-9(11(5,6)7)8-10(2,3)4;1-7(2)8(11)10(6,12)9(3,4)5/h8H,1-7H3;9H,8H2,1-7H3;8H,1-7H3;7-8,11-12H,1-6H3. The average Bonchev–Trinajstić information content (AvgIpc) is 3.44. The number of rotatable bonds is 3. The van der Waals surface area contributed by atoms with E-state index in [0.29, 0.717) is 27.8 Å². The maximum Gasteiger partial charge on any atom is 0.0973 e. The summed E-state index contributed by atoms with van der Waals surface area (Å²) in [5, 5.41) is 19.8. The summed E-state index contributed by atoms with van der Waals surface area (Å²) in [6, 6.07) is 0. The summed E-state index contributed by atoms with van der Waals surface area (Å²) in [7, 11) is 0. The number of aliphatic hydroxyl groups excluding tert-OH is 1. The Morgan fingerprint density at radius 3 is 1.17 bits per heavy atom. The largest absolute Gasteiger partial charge is 0.390 e. The first-order valence-corrected chi connectivity index (χ1v) is 18.2. The van der Waals surface area contributed by atoms with E-state index < -0.39 is 11.7 Å². The second-order valence-electron chi connectivity index (χ2n) is 22.8. The van der Waals surface area contributed by atoms with E-state index in [1.165, 1.54) is 12.0 Å². The zero-order valence-electron chi connectivity index (χ0n) is 36.9. The van der Waals surface area contributed by atoms with Crippen LogP contribution in [0.4, 0.5) is 0 Å². The summed E-state index contributed by atoms with van der Waals surface area (Å²) in [4.78, 5) is 0. The van der Waals surface area contributed by atoms with E-state index in [9.17, 15) is 10.2 Å². The van der Waals surface area contributed by atoms with Crippen LogP contribution >= 0.6 is 0 Å². The fourth-order valence-electron chi connectivity index (χ4n) is 4.97. The third kappa shape index (κ3) is 19.0. The van der Waals surface area contributed by atoms with Crippen LogP contribution in [0.1, 0.15) is 193 Å². The molecule has 1 rings (SSSR count). The highest BCUT2D eigenvalue weighted by Crippen LogP contribution is 2.56. The Morgan fingerprint density at radius 2 is 1.09 bits per heavy atom. The van der Waals surface area contributed by atoms with Crippen LogP contribution in [0, 0.1) is 49.7 Å². The van der Waals surface area contributed by atoms with E-state index >= 15 is 0 Å². The van der Waals surface area contributed by atoms with Crippen LogP contribution in [0.3, 0.4) is 0 Å². The third-order valence-electron chi connectivity index (χ3n) is 10.0. The monoisotopic (exact) mass is 655 g/mol. The van der Waals surface area contributed by atoms with Gasteiger partial charge < -0.3 is 14.9 Å². The van der Waals surface area contributed by atoms with Crippen molar-refractivity contribution in [3.63, 3.8) is 0 Å². The van der Waals surface area contributed by atoms with E-state index in [0.717, 1.165) is 5.92 Å². The Labute approximate surface area is 292 Å². The van der Waals surface area contributed by atoms with Gasteiger partial charge in [0, 0.05) is 0 Å². The molecule has 1 aliphatic heterocycles. The lowest BCUT2D eigenvalue weighted by atomic mass is 9.71. The molecule has 3 nitrogen and oxygen atoms in total. The molecule has 280 valence electrons. The van der Waals surface area contributed by atoms with Crippen molar-refractivity contribution < 1.29 is 14.9 Å². The van der Waals surface area contributed by atoms with Gasteiger partial charge in [-0.15, -0.1) is 0 Å². The molecule has 5 atom stereocenters. The molecule has 1 saturated heterocycles. The molecule has 1 aliphatic rings. The molecule has 0 radical (unpaired) electrons. The molecule has 3 heteroatoms. The summed E-state index contributed by atoms with van der Waals surface area (Å²) in [6.45, 7) is 59.0. The molecule has 1 fully saturated rings. The smallest absolute Gasteiger partial charge is 0.0973 e. The van der Waals surface area contributed by atoms with E-state index in [1.807, 2.05) is 34.6 Å². The molecule has 0 aliphatic carbocycles. The van der Waals surface area contributed by atoms with Gasteiger partial charge in [-0.2, -0.15) is 0 Å². The van der Waals surface area contributed by atoms with Gasteiger partial charge in [0.1, 0.15) is 0 Å². The van der Waals surface area contributed by atoms with Gasteiger partial charge in [-0.1, -0.05) is 178 Å². The van der Waals surface area contributed by atoms with Gasteiger partial charge in [-0.3, -0.25) is 0 Å². The van der Waals surface area contributed by atoms with Gasteiger partial charge in [0.2, 0.25) is 0 Å². The minimum absolute atomic E-state index is 0.0826. The number of allylic oxidation sites excluding steroid dienone is 2. The average molecular weight is 655 g/mol. The van der Waals surface area contributed by atoms with Crippen molar-refractivity contribution >= 4 is 0 Å². The van der Waals surface area contributed by atoms with Crippen LogP contribution in [-0.2, 0) is 4.74 Å². The van der Waals surface area contributed by atoms with E-state index in [-0.39, 0.29) is 27.8 Å². The van der Waals surface area contributed by atoms with Gasteiger partial charge in [0.15, 0.2) is 0 Å². The molecule has 0 bridgehead atoms. The fraction of sp³-hybridized carbons (Fsp3) is 0.953. The van der Waals surface area contributed by atoms with Crippen LogP contribution in [0.15, 0.2) is 11.6 Å². The summed E-state index contributed by atoms with van der Waals surface area (Å²) in [6.07, 6.45) is 3.42. The summed E-state index contributed by atoms with van der Waals surface area (Å²) < 4.78 is 5.83. The zero-order chi connectivity index (χ0) is 38.5. The summed E-state index contributed by atoms with van der Waals surface area (Å²) >= 11 is 0.